The molecule has 1 saturated heterocycles. The van der Waals surface area contributed by atoms with Gasteiger partial charge in [-0.2, -0.15) is 0 Å². The summed E-state index contributed by atoms with van der Waals surface area (Å²) in [6.45, 7) is 4.84. The van der Waals surface area contributed by atoms with Crippen molar-refractivity contribution in [2.45, 2.75) is 45.1 Å². The topological polar surface area (TPSA) is 69.6 Å². The van der Waals surface area contributed by atoms with Crippen LogP contribution in [0.1, 0.15) is 39.0 Å². The van der Waals surface area contributed by atoms with Gasteiger partial charge in [-0.1, -0.05) is 6.92 Å². The molecule has 0 aliphatic carbocycles. The normalized spacial score (nSPS) is 17.9. The van der Waals surface area contributed by atoms with E-state index in [4.69, 9.17) is 5.11 Å². The molecule has 0 bridgehead atoms. The third-order valence-electron chi connectivity index (χ3n) is 3.13. The van der Waals surface area contributed by atoms with Crippen molar-refractivity contribution in [1.82, 2.24) is 10.2 Å². The monoisotopic (exact) mass is 242 g/mol. The van der Waals surface area contributed by atoms with Crippen LogP contribution < -0.4 is 5.32 Å². The number of aliphatic carboxylic acids is 1. The minimum absolute atomic E-state index is 0.00591. The standard InChI is InChI=1S/C12H22N2O3/c1-2-10(9-12(16)17)13-11(15)5-8-14-6-3-4-7-14/h10H,2-9H2,1H3,(H,13,15)(H,16,17). The summed E-state index contributed by atoms with van der Waals surface area (Å²) in [6, 6.07) is -0.237. The van der Waals surface area contributed by atoms with Gasteiger partial charge in [0.25, 0.3) is 0 Å². The fraction of sp³-hybridized carbons (Fsp3) is 0.833. The molecule has 1 fully saturated rings. The number of amides is 1. The summed E-state index contributed by atoms with van der Waals surface area (Å²) in [6.07, 6.45) is 3.57. The van der Waals surface area contributed by atoms with Gasteiger partial charge in [-0.3, -0.25) is 9.59 Å². The lowest BCUT2D eigenvalue weighted by atomic mass is 10.1. The van der Waals surface area contributed by atoms with Crippen LogP contribution in [0.5, 0.6) is 0 Å². The number of carbonyl (C=O) groups is 2. The van der Waals surface area contributed by atoms with Crippen LogP contribution in [0.25, 0.3) is 0 Å². The second kappa shape index (κ2) is 7.27. The molecule has 1 atom stereocenters. The number of carboxylic acid groups (broad SMARTS) is 1. The van der Waals surface area contributed by atoms with Gasteiger partial charge in [0.1, 0.15) is 0 Å². The van der Waals surface area contributed by atoms with Gasteiger partial charge >= 0.3 is 5.97 Å². The summed E-state index contributed by atoms with van der Waals surface area (Å²) < 4.78 is 0. The highest BCUT2D eigenvalue weighted by Crippen LogP contribution is 2.07. The van der Waals surface area contributed by atoms with Crippen molar-refractivity contribution < 1.29 is 14.7 Å². The van der Waals surface area contributed by atoms with E-state index >= 15 is 0 Å². The van der Waals surface area contributed by atoms with Crippen molar-refractivity contribution >= 4 is 11.9 Å². The molecule has 2 N–H and O–H groups in total. The average Bonchev–Trinajstić information content (AvgIpc) is 2.77. The van der Waals surface area contributed by atoms with Crippen LogP contribution in [0.2, 0.25) is 0 Å². The predicted octanol–water partition coefficient (Wildman–Crippen LogP) is 0.842. The van der Waals surface area contributed by atoms with Crippen LogP contribution in [0.3, 0.4) is 0 Å². The number of nitrogens with zero attached hydrogens (tertiary/aromatic N) is 1. The molecule has 98 valence electrons. The van der Waals surface area contributed by atoms with Crippen molar-refractivity contribution in [3.8, 4) is 0 Å². The largest absolute Gasteiger partial charge is 0.481 e. The lowest BCUT2D eigenvalue weighted by molar-refractivity contribution is -0.137. The number of rotatable bonds is 7. The molecule has 5 heteroatoms. The van der Waals surface area contributed by atoms with Gasteiger partial charge in [0.2, 0.25) is 5.91 Å². The summed E-state index contributed by atoms with van der Waals surface area (Å²) in [7, 11) is 0. The molecule has 1 aliphatic rings. The molecule has 1 aliphatic heterocycles. The quantitative estimate of drug-likeness (QED) is 0.694. The smallest absolute Gasteiger partial charge is 0.305 e. The fourth-order valence-corrected chi connectivity index (χ4v) is 2.07. The highest BCUT2D eigenvalue weighted by molar-refractivity contribution is 5.77. The molecule has 0 aromatic rings. The SMILES string of the molecule is CCC(CC(=O)O)NC(=O)CCN1CCCC1. The molecule has 5 nitrogen and oxygen atoms in total. The molecule has 1 heterocycles. The molecule has 0 radical (unpaired) electrons. The minimum atomic E-state index is -0.864. The Morgan fingerprint density at radius 2 is 2.00 bits per heavy atom. The Morgan fingerprint density at radius 3 is 2.53 bits per heavy atom. The first-order chi connectivity index (χ1) is 8.11. The Morgan fingerprint density at radius 1 is 1.35 bits per heavy atom. The Hall–Kier alpha value is -1.10. The van der Waals surface area contributed by atoms with Crippen LogP contribution in [0, 0.1) is 0 Å². The third kappa shape index (κ3) is 5.68. The van der Waals surface area contributed by atoms with Gasteiger partial charge < -0.3 is 15.3 Å². The number of hydrogen-bond acceptors (Lipinski definition) is 3. The summed E-state index contributed by atoms with van der Waals surface area (Å²) in [5.41, 5.74) is 0. The second-order valence-corrected chi connectivity index (χ2v) is 4.57. The highest BCUT2D eigenvalue weighted by Gasteiger charge is 2.16. The molecule has 0 spiro atoms. The molecule has 0 saturated carbocycles. The van der Waals surface area contributed by atoms with Crippen LogP contribution in [-0.2, 0) is 9.59 Å². The number of carboxylic acids is 1. The highest BCUT2D eigenvalue weighted by atomic mass is 16.4. The first kappa shape index (κ1) is 14.0. The molecule has 1 unspecified atom stereocenters. The fourth-order valence-electron chi connectivity index (χ4n) is 2.07. The van der Waals surface area contributed by atoms with E-state index in [0.29, 0.717) is 12.8 Å². The second-order valence-electron chi connectivity index (χ2n) is 4.57. The first-order valence-electron chi connectivity index (χ1n) is 6.35. The van der Waals surface area contributed by atoms with E-state index in [1.54, 1.807) is 0 Å². The zero-order valence-corrected chi connectivity index (χ0v) is 10.4. The van der Waals surface area contributed by atoms with Gasteiger partial charge in [-0.25, -0.2) is 0 Å². The number of hydrogen-bond donors (Lipinski definition) is 2. The van der Waals surface area contributed by atoms with E-state index in [-0.39, 0.29) is 18.4 Å². The van der Waals surface area contributed by atoms with Crippen molar-refractivity contribution in [2.24, 2.45) is 0 Å². The van der Waals surface area contributed by atoms with E-state index in [9.17, 15) is 9.59 Å². The van der Waals surface area contributed by atoms with Gasteiger partial charge in [-0.15, -0.1) is 0 Å². The van der Waals surface area contributed by atoms with Crippen molar-refractivity contribution in [1.29, 1.82) is 0 Å². The number of likely N-dealkylation sites (tertiary alicyclic amines) is 1. The van der Waals surface area contributed by atoms with Crippen molar-refractivity contribution in [3.63, 3.8) is 0 Å². The van der Waals surface area contributed by atoms with E-state index in [0.717, 1.165) is 19.6 Å². The van der Waals surface area contributed by atoms with Crippen LogP contribution >= 0.6 is 0 Å². The van der Waals surface area contributed by atoms with Gasteiger partial charge in [0.05, 0.1) is 6.42 Å². The van der Waals surface area contributed by atoms with E-state index in [1.165, 1.54) is 12.8 Å². The summed E-state index contributed by atoms with van der Waals surface area (Å²) >= 11 is 0. The average molecular weight is 242 g/mol. The van der Waals surface area contributed by atoms with E-state index in [2.05, 4.69) is 10.2 Å². The molecule has 0 aromatic carbocycles. The summed E-state index contributed by atoms with van der Waals surface area (Å²) in [5.74, 6) is -0.901. The lowest BCUT2D eigenvalue weighted by Crippen LogP contribution is -2.37. The number of carbonyl (C=O) groups excluding carboxylic acids is 1. The van der Waals surface area contributed by atoms with Crippen molar-refractivity contribution in [2.75, 3.05) is 19.6 Å². The van der Waals surface area contributed by atoms with E-state index in [1.807, 2.05) is 6.92 Å². The van der Waals surface area contributed by atoms with Crippen LogP contribution in [-0.4, -0.2) is 47.6 Å². The molecule has 1 amide bonds. The van der Waals surface area contributed by atoms with Gasteiger partial charge in [-0.05, 0) is 32.4 Å². The maximum atomic E-state index is 11.6. The minimum Gasteiger partial charge on any atom is -0.481 e. The summed E-state index contributed by atoms with van der Waals surface area (Å²) in [5, 5.41) is 11.4. The number of nitrogens with one attached hydrogen (secondary N) is 1. The van der Waals surface area contributed by atoms with Gasteiger partial charge in [0.15, 0.2) is 0 Å². The zero-order chi connectivity index (χ0) is 12.7. The maximum absolute atomic E-state index is 11.6. The molecular weight excluding hydrogens is 220 g/mol. The molecular formula is C12H22N2O3. The van der Waals surface area contributed by atoms with Crippen LogP contribution in [0.15, 0.2) is 0 Å². The molecule has 1 rings (SSSR count). The van der Waals surface area contributed by atoms with Crippen molar-refractivity contribution in [3.05, 3.63) is 0 Å². The van der Waals surface area contributed by atoms with Crippen LogP contribution in [0.4, 0.5) is 0 Å². The zero-order valence-electron chi connectivity index (χ0n) is 10.4. The summed E-state index contributed by atoms with van der Waals surface area (Å²) in [4.78, 5) is 24.5. The Balaban J connectivity index is 2.19. The Labute approximate surface area is 102 Å². The Bertz CT molecular complexity index is 262. The maximum Gasteiger partial charge on any atom is 0.305 e. The predicted molar refractivity (Wildman–Crippen MR) is 64.8 cm³/mol. The third-order valence-corrected chi connectivity index (χ3v) is 3.13. The first-order valence-corrected chi connectivity index (χ1v) is 6.35. The van der Waals surface area contributed by atoms with Gasteiger partial charge in [0, 0.05) is 19.0 Å². The Kier molecular flexibility index (Phi) is 5.97. The lowest BCUT2D eigenvalue weighted by Gasteiger charge is -2.17. The molecule has 17 heavy (non-hydrogen) atoms. The molecule has 0 aromatic heterocycles. The van der Waals surface area contributed by atoms with E-state index < -0.39 is 5.97 Å².